The molecule has 0 N–H and O–H groups in total. The molecule has 3 rings (SSSR count). The standard InChI is InChI=1S/C18H22BrN3O/c1-13(2)22(17-5-3-4-6-17)18(23)14-7-9-16(10-8-14)21-12-15(19)11-20-21/h7-13,17H,3-6H2,1-2H3. The van der Waals surface area contributed by atoms with Crippen molar-refractivity contribution >= 4 is 21.8 Å². The second kappa shape index (κ2) is 6.87. The number of benzene rings is 1. The molecule has 5 heteroatoms. The molecular formula is C18H22BrN3O. The molecule has 1 fully saturated rings. The largest absolute Gasteiger partial charge is 0.333 e. The minimum atomic E-state index is 0.139. The summed E-state index contributed by atoms with van der Waals surface area (Å²) in [7, 11) is 0. The van der Waals surface area contributed by atoms with E-state index in [2.05, 4.69) is 39.8 Å². The number of carbonyl (C=O) groups is 1. The molecule has 0 saturated heterocycles. The quantitative estimate of drug-likeness (QED) is 0.792. The van der Waals surface area contributed by atoms with Crippen molar-refractivity contribution in [2.24, 2.45) is 0 Å². The molecule has 0 spiro atoms. The Bertz CT molecular complexity index is 672. The SMILES string of the molecule is CC(C)N(C(=O)c1ccc(-n2cc(Br)cn2)cc1)C1CCCC1. The summed E-state index contributed by atoms with van der Waals surface area (Å²) in [6.07, 6.45) is 8.37. The van der Waals surface area contributed by atoms with Crippen LogP contribution < -0.4 is 0 Å². The number of hydrogen-bond acceptors (Lipinski definition) is 2. The van der Waals surface area contributed by atoms with Gasteiger partial charge < -0.3 is 4.90 Å². The van der Waals surface area contributed by atoms with Crippen molar-refractivity contribution in [1.29, 1.82) is 0 Å². The van der Waals surface area contributed by atoms with Gasteiger partial charge in [0.2, 0.25) is 0 Å². The average molecular weight is 376 g/mol. The second-order valence-corrected chi connectivity index (χ2v) is 7.31. The van der Waals surface area contributed by atoms with Gasteiger partial charge in [0.15, 0.2) is 0 Å². The van der Waals surface area contributed by atoms with Crippen LogP contribution in [0.1, 0.15) is 49.9 Å². The highest BCUT2D eigenvalue weighted by Gasteiger charge is 2.29. The highest BCUT2D eigenvalue weighted by molar-refractivity contribution is 9.10. The van der Waals surface area contributed by atoms with Gasteiger partial charge in [-0.2, -0.15) is 5.10 Å². The lowest BCUT2D eigenvalue weighted by atomic mass is 10.1. The molecule has 0 aliphatic heterocycles. The summed E-state index contributed by atoms with van der Waals surface area (Å²) in [5.41, 5.74) is 1.70. The second-order valence-electron chi connectivity index (χ2n) is 6.39. The molecule has 1 aromatic carbocycles. The molecule has 122 valence electrons. The molecular weight excluding hydrogens is 354 g/mol. The van der Waals surface area contributed by atoms with Crippen molar-refractivity contribution in [3.8, 4) is 5.69 Å². The van der Waals surface area contributed by atoms with Gasteiger partial charge in [0.1, 0.15) is 0 Å². The fourth-order valence-electron chi connectivity index (χ4n) is 3.35. The van der Waals surface area contributed by atoms with Gasteiger partial charge in [-0.25, -0.2) is 4.68 Å². The fourth-order valence-corrected chi connectivity index (χ4v) is 3.64. The van der Waals surface area contributed by atoms with Crippen molar-refractivity contribution in [2.45, 2.75) is 51.6 Å². The first kappa shape index (κ1) is 16.2. The van der Waals surface area contributed by atoms with Crippen molar-refractivity contribution in [3.05, 3.63) is 46.7 Å². The number of aromatic nitrogens is 2. The molecule has 1 amide bonds. The van der Waals surface area contributed by atoms with Crippen molar-refractivity contribution in [3.63, 3.8) is 0 Å². The van der Waals surface area contributed by atoms with Crippen LogP contribution in [0.5, 0.6) is 0 Å². The molecule has 0 unspecified atom stereocenters. The molecule has 4 nitrogen and oxygen atoms in total. The average Bonchev–Trinajstić information content (AvgIpc) is 3.19. The highest BCUT2D eigenvalue weighted by atomic mass is 79.9. The van der Waals surface area contributed by atoms with E-state index >= 15 is 0 Å². The van der Waals surface area contributed by atoms with Crippen LogP contribution in [-0.4, -0.2) is 32.7 Å². The summed E-state index contributed by atoms with van der Waals surface area (Å²) >= 11 is 3.40. The lowest BCUT2D eigenvalue weighted by Gasteiger charge is -2.33. The molecule has 1 aromatic heterocycles. The van der Waals surface area contributed by atoms with Gasteiger partial charge in [-0.1, -0.05) is 12.8 Å². The molecule has 2 aromatic rings. The first-order valence-corrected chi connectivity index (χ1v) is 8.99. The summed E-state index contributed by atoms with van der Waals surface area (Å²) in [5.74, 6) is 0.139. The molecule has 1 saturated carbocycles. The maximum atomic E-state index is 12.9. The molecule has 23 heavy (non-hydrogen) atoms. The fraction of sp³-hybridized carbons (Fsp3) is 0.444. The minimum absolute atomic E-state index is 0.139. The van der Waals surface area contributed by atoms with E-state index in [0.717, 1.165) is 28.6 Å². The van der Waals surface area contributed by atoms with E-state index in [0.29, 0.717) is 6.04 Å². The predicted molar refractivity (Wildman–Crippen MR) is 94.8 cm³/mol. The van der Waals surface area contributed by atoms with E-state index in [-0.39, 0.29) is 11.9 Å². The van der Waals surface area contributed by atoms with Gasteiger partial charge in [0, 0.05) is 23.8 Å². The van der Waals surface area contributed by atoms with E-state index in [9.17, 15) is 4.79 Å². The van der Waals surface area contributed by atoms with Crippen molar-refractivity contribution in [2.75, 3.05) is 0 Å². The first-order chi connectivity index (χ1) is 11.1. The van der Waals surface area contributed by atoms with E-state index in [1.165, 1.54) is 12.8 Å². The van der Waals surface area contributed by atoms with Crippen LogP contribution in [0.2, 0.25) is 0 Å². The van der Waals surface area contributed by atoms with Gasteiger partial charge in [-0.05, 0) is 66.9 Å². The zero-order valence-electron chi connectivity index (χ0n) is 13.6. The van der Waals surface area contributed by atoms with E-state index < -0.39 is 0 Å². The number of halogens is 1. The van der Waals surface area contributed by atoms with Crippen LogP contribution in [0, 0.1) is 0 Å². The third-order valence-electron chi connectivity index (χ3n) is 4.44. The van der Waals surface area contributed by atoms with Crippen LogP contribution in [-0.2, 0) is 0 Å². The van der Waals surface area contributed by atoms with Gasteiger partial charge in [-0.15, -0.1) is 0 Å². The number of carbonyl (C=O) groups excluding carboxylic acids is 1. The maximum absolute atomic E-state index is 12.9. The first-order valence-electron chi connectivity index (χ1n) is 8.19. The maximum Gasteiger partial charge on any atom is 0.254 e. The van der Waals surface area contributed by atoms with Crippen LogP contribution in [0.4, 0.5) is 0 Å². The van der Waals surface area contributed by atoms with E-state index in [4.69, 9.17) is 0 Å². The molecule has 1 aliphatic carbocycles. The number of rotatable bonds is 4. The molecule has 1 aliphatic rings. The lowest BCUT2D eigenvalue weighted by molar-refractivity contribution is 0.0613. The number of nitrogens with zero attached hydrogens (tertiary/aromatic N) is 3. The Kier molecular flexibility index (Phi) is 4.85. The zero-order valence-corrected chi connectivity index (χ0v) is 15.2. The predicted octanol–water partition coefficient (Wildman–Crippen LogP) is 4.43. The number of hydrogen-bond donors (Lipinski definition) is 0. The lowest BCUT2D eigenvalue weighted by Crippen LogP contribution is -2.43. The number of amides is 1. The summed E-state index contributed by atoms with van der Waals surface area (Å²) in [4.78, 5) is 15.0. The molecule has 0 bridgehead atoms. The third kappa shape index (κ3) is 3.50. The Hall–Kier alpha value is -1.62. The molecule has 0 radical (unpaired) electrons. The van der Waals surface area contributed by atoms with Crippen LogP contribution in [0.15, 0.2) is 41.1 Å². The third-order valence-corrected chi connectivity index (χ3v) is 4.85. The molecule has 0 atom stereocenters. The van der Waals surface area contributed by atoms with Crippen molar-refractivity contribution in [1.82, 2.24) is 14.7 Å². The Morgan fingerprint density at radius 2 is 1.91 bits per heavy atom. The van der Waals surface area contributed by atoms with Crippen LogP contribution in [0.3, 0.4) is 0 Å². The van der Waals surface area contributed by atoms with E-state index in [1.807, 2.05) is 30.5 Å². The Morgan fingerprint density at radius 1 is 1.26 bits per heavy atom. The Balaban J connectivity index is 1.81. The Morgan fingerprint density at radius 3 is 2.43 bits per heavy atom. The van der Waals surface area contributed by atoms with Crippen molar-refractivity contribution < 1.29 is 4.79 Å². The highest BCUT2D eigenvalue weighted by Crippen LogP contribution is 2.27. The smallest absolute Gasteiger partial charge is 0.254 e. The van der Waals surface area contributed by atoms with Crippen LogP contribution in [0.25, 0.3) is 5.69 Å². The minimum Gasteiger partial charge on any atom is -0.333 e. The molecule has 1 heterocycles. The normalized spacial score (nSPS) is 15.3. The van der Waals surface area contributed by atoms with Gasteiger partial charge >= 0.3 is 0 Å². The summed E-state index contributed by atoms with van der Waals surface area (Å²) in [6.45, 7) is 4.21. The topological polar surface area (TPSA) is 38.1 Å². The van der Waals surface area contributed by atoms with Crippen LogP contribution >= 0.6 is 15.9 Å². The van der Waals surface area contributed by atoms with E-state index in [1.54, 1.807) is 10.9 Å². The summed E-state index contributed by atoms with van der Waals surface area (Å²) < 4.78 is 2.72. The monoisotopic (exact) mass is 375 g/mol. The zero-order chi connectivity index (χ0) is 16.4. The summed E-state index contributed by atoms with van der Waals surface area (Å²) in [6, 6.07) is 8.31. The summed E-state index contributed by atoms with van der Waals surface area (Å²) in [5, 5.41) is 4.26. The Labute approximate surface area is 145 Å². The van der Waals surface area contributed by atoms with Gasteiger partial charge in [0.05, 0.1) is 16.4 Å². The van der Waals surface area contributed by atoms with Gasteiger partial charge in [-0.3, -0.25) is 4.79 Å². The van der Waals surface area contributed by atoms with Gasteiger partial charge in [0.25, 0.3) is 5.91 Å².